The van der Waals surface area contributed by atoms with Crippen LogP contribution in [0.1, 0.15) is 44.9 Å². The summed E-state index contributed by atoms with van der Waals surface area (Å²) in [6.45, 7) is 2.01. The third-order valence-corrected chi connectivity index (χ3v) is 5.10. The summed E-state index contributed by atoms with van der Waals surface area (Å²) < 4.78 is 0. The predicted octanol–water partition coefficient (Wildman–Crippen LogP) is 1.99. The Hall–Kier alpha value is -0.0800. The van der Waals surface area contributed by atoms with Gasteiger partial charge in [-0.1, -0.05) is 19.3 Å². The maximum atomic E-state index is 5.77. The summed E-state index contributed by atoms with van der Waals surface area (Å²) in [6.07, 6.45) is 10.3. The highest BCUT2D eigenvalue weighted by Crippen LogP contribution is 2.49. The van der Waals surface area contributed by atoms with Crippen molar-refractivity contribution in [3.63, 3.8) is 0 Å². The third kappa shape index (κ3) is 1.53. The predicted molar refractivity (Wildman–Crippen MR) is 62.6 cm³/mol. The first-order valence-corrected chi connectivity index (χ1v) is 6.87. The lowest BCUT2D eigenvalue weighted by atomic mass is 9.79. The van der Waals surface area contributed by atoms with Crippen LogP contribution in [-0.4, -0.2) is 30.1 Å². The Morgan fingerprint density at radius 3 is 2.20 bits per heavy atom. The van der Waals surface area contributed by atoms with Gasteiger partial charge in [0.2, 0.25) is 0 Å². The highest BCUT2D eigenvalue weighted by molar-refractivity contribution is 5.03. The van der Waals surface area contributed by atoms with Crippen LogP contribution < -0.4 is 5.73 Å². The summed E-state index contributed by atoms with van der Waals surface area (Å²) in [6, 6.07) is 1.83. The maximum absolute atomic E-state index is 5.77. The smallest absolute Gasteiger partial charge is 0.0130 e. The summed E-state index contributed by atoms with van der Waals surface area (Å²) in [5.41, 5.74) is 5.77. The van der Waals surface area contributed by atoms with E-state index in [9.17, 15) is 0 Å². The lowest BCUT2D eigenvalue weighted by Gasteiger charge is -2.34. The molecule has 2 heteroatoms. The van der Waals surface area contributed by atoms with Crippen LogP contribution in [0.15, 0.2) is 0 Å². The topological polar surface area (TPSA) is 29.3 Å². The molecule has 2 saturated carbocycles. The van der Waals surface area contributed by atoms with Gasteiger partial charge < -0.3 is 5.73 Å². The van der Waals surface area contributed by atoms with Crippen LogP contribution in [-0.2, 0) is 0 Å². The molecule has 3 fully saturated rings. The number of nitrogens with two attached hydrogens (primary N) is 1. The molecule has 4 atom stereocenters. The van der Waals surface area contributed by atoms with E-state index in [0.717, 1.165) is 37.0 Å². The minimum absolute atomic E-state index is 0.854. The molecule has 0 aromatic heterocycles. The van der Waals surface area contributed by atoms with Crippen LogP contribution in [0.3, 0.4) is 0 Å². The highest BCUT2D eigenvalue weighted by Gasteiger charge is 2.50. The van der Waals surface area contributed by atoms with Crippen molar-refractivity contribution in [2.75, 3.05) is 13.1 Å². The fourth-order valence-electron chi connectivity index (χ4n) is 4.66. The molecular weight excluding hydrogens is 184 g/mol. The van der Waals surface area contributed by atoms with Crippen molar-refractivity contribution in [1.82, 2.24) is 4.90 Å². The van der Waals surface area contributed by atoms with Gasteiger partial charge in [0.1, 0.15) is 0 Å². The molecule has 0 aromatic rings. The molecule has 2 aliphatic carbocycles. The molecule has 1 saturated heterocycles. The molecule has 0 radical (unpaired) electrons. The molecule has 3 aliphatic rings. The van der Waals surface area contributed by atoms with Crippen LogP contribution >= 0.6 is 0 Å². The Morgan fingerprint density at radius 2 is 1.47 bits per heavy atom. The molecule has 0 amide bonds. The van der Waals surface area contributed by atoms with E-state index in [1.54, 1.807) is 0 Å². The van der Waals surface area contributed by atoms with Crippen molar-refractivity contribution in [2.24, 2.45) is 17.6 Å². The van der Waals surface area contributed by atoms with E-state index in [1.165, 1.54) is 44.9 Å². The van der Waals surface area contributed by atoms with Crippen LogP contribution in [0.2, 0.25) is 0 Å². The fourth-order valence-corrected chi connectivity index (χ4v) is 4.66. The van der Waals surface area contributed by atoms with Crippen molar-refractivity contribution in [1.29, 1.82) is 0 Å². The van der Waals surface area contributed by atoms with E-state index in [4.69, 9.17) is 5.73 Å². The number of likely N-dealkylation sites (tertiary alicyclic amines) is 1. The zero-order chi connectivity index (χ0) is 10.3. The number of rotatable bonds is 2. The van der Waals surface area contributed by atoms with E-state index < -0.39 is 0 Å². The Kier molecular flexibility index (Phi) is 2.73. The van der Waals surface area contributed by atoms with Gasteiger partial charge in [-0.15, -0.1) is 0 Å². The van der Waals surface area contributed by atoms with E-state index in [-0.39, 0.29) is 0 Å². The molecule has 15 heavy (non-hydrogen) atoms. The molecular formula is C13H24N2. The summed E-state index contributed by atoms with van der Waals surface area (Å²) >= 11 is 0. The number of nitrogens with zero attached hydrogens (tertiary/aromatic N) is 1. The molecule has 4 unspecified atom stereocenters. The van der Waals surface area contributed by atoms with Crippen LogP contribution in [0.5, 0.6) is 0 Å². The van der Waals surface area contributed by atoms with Crippen molar-refractivity contribution in [2.45, 2.75) is 57.0 Å². The molecule has 0 bridgehead atoms. The van der Waals surface area contributed by atoms with Gasteiger partial charge in [0.05, 0.1) is 0 Å². The van der Waals surface area contributed by atoms with Crippen molar-refractivity contribution in [3.8, 4) is 0 Å². The molecule has 1 heterocycles. The van der Waals surface area contributed by atoms with E-state index >= 15 is 0 Å². The Morgan fingerprint density at radius 1 is 0.867 bits per heavy atom. The second-order valence-corrected chi connectivity index (χ2v) is 5.70. The van der Waals surface area contributed by atoms with Crippen molar-refractivity contribution >= 4 is 0 Å². The van der Waals surface area contributed by atoms with E-state index in [1.807, 2.05) is 0 Å². The quantitative estimate of drug-likeness (QED) is 0.752. The Labute approximate surface area is 93.2 Å². The highest BCUT2D eigenvalue weighted by atomic mass is 15.2. The van der Waals surface area contributed by atoms with Crippen molar-refractivity contribution in [3.05, 3.63) is 0 Å². The maximum Gasteiger partial charge on any atom is 0.0130 e. The summed E-state index contributed by atoms with van der Waals surface area (Å²) in [7, 11) is 0. The molecule has 86 valence electrons. The Balaban J connectivity index is 1.80. The number of hydrogen-bond acceptors (Lipinski definition) is 2. The van der Waals surface area contributed by atoms with Gasteiger partial charge >= 0.3 is 0 Å². The zero-order valence-electron chi connectivity index (χ0n) is 9.70. The van der Waals surface area contributed by atoms with Gasteiger partial charge in [0.15, 0.2) is 0 Å². The van der Waals surface area contributed by atoms with Gasteiger partial charge in [-0.05, 0) is 37.5 Å². The fraction of sp³-hybridized carbons (Fsp3) is 1.00. The third-order valence-electron chi connectivity index (χ3n) is 5.10. The SMILES string of the molecule is NCCN1C2CCCCC2C2CCCC21. The molecule has 3 rings (SSSR count). The molecule has 2 nitrogen and oxygen atoms in total. The largest absolute Gasteiger partial charge is 0.329 e. The van der Waals surface area contributed by atoms with Gasteiger partial charge in [0.25, 0.3) is 0 Å². The van der Waals surface area contributed by atoms with Gasteiger partial charge in [0, 0.05) is 25.2 Å². The first-order chi connectivity index (χ1) is 7.42. The minimum Gasteiger partial charge on any atom is -0.329 e. The number of fused-ring (bicyclic) bond motifs is 3. The van der Waals surface area contributed by atoms with Gasteiger partial charge in [-0.25, -0.2) is 0 Å². The molecule has 1 aliphatic heterocycles. The van der Waals surface area contributed by atoms with Crippen LogP contribution in [0.4, 0.5) is 0 Å². The second kappa shape index (κ2) is 4.06. The normalized spacial score (nSPS) is 45.4. The lowest BCUT2D eigenvalue weighted by Crippen LogP contribution is -2.41. The minimum atomic E-state index is 0.854. The van der Waals surface area contributed by atoms with Gasteiger partial charge in [-0.2, -0.15) is 0 Å². The lowest BCUT2D eigenvalue weighted by molar-refractivity contribution is 0.151. The average Bonchev–Trinajstić information content (AvgIpc) is 2.82. The summed E-state index contributed by atoms with van der Waals surface area (Å²) in [4.78, 5) is 2.79. The summed E-state index contributed by atoms with van der Waals surface area (Å²) in [5, 5.41) is 0. The van der Waals surface area contributed by atoms with Gasteiger partial charge in [-0.3, -0.25) is 4.90 Å². The van der Waals surface area contributed by atoms with E-state index in [0.29, 0.717) is 0 Å². The standard InChI is InChI=1S/C13H24N2/c14-8-9-15-12-6-2-1-4-10(12)11-5-3-7-13(11)15/h10-13H,1-9,14H2. The van der Waals surface area contributed by atoms with E-state index in [2.05, 4.69) is 4.90 Å². The number of hydrogen-bond donors (Lipinski definition) is 1. The second-order valence-electron chi connectivity index (χ2n) is 5.70. The van der Waals surface area contributed by atoms with Crippen molar-refractivity contribution < 1.29 is 0 Å². The van der Waals surface area contributed by atoms with Crippen LogP contribution in [0.25, 0.3) is 0 Å². The van der Waals surface area contributed by atoms with Crippen LogP contribution in [0, 0.1) is 11.8 Å². The first-order valence-electron chi connectivity index (χ1n) is 6.87. The summed E-state index contributed by atoms with van der Waals surface area (Å²) in [5.74, 6) is 2.08. The Bertz CT molecular complexity index is 229. The molecule has 0 spiro atoms. The first kappa shape index (κ1) is 10.1. The zero-order valence-corrected chi connectivity index (χ0v) is 9.70. The molecule has 2 N–H and O–H groups in total. The monoisotopic (exact) mass is 208 g/mol. The molecule has 0 aromatic carbocycles. The average molecular weight is 208 g/mol.